The number of aryl methyl sites for hydroxylation is 5. The summed E-state index contributed by atoms with van der Waals surface area (Å²) >= 11 is 6.41. The summed E-state index contributed by atoms with van der Waals surface area (Å²) in [5.41, 5.74) is 16.9. The van der Waals surface area contributed by atoms with Gasteiger partial charge in [-0.3, -0.25) is 30.2 Å². The summed E-state index contributed by atoms with van der Waals surface area (Å²) in [6.07, 6.45) is 15.5. The fourth-order valence-corrected chi connectivity index (χ4v) is 6.34. The molecule has 6 aromatic rings. The molecule has 0 saturated heterocycles. The van der Waals surface area contributed by atoms with Crippen molar-refractivity contribution in [1.29, 1.82) is 15.8 Å². The van der Waals surface area contributed by atoms with Gasteiger partial charge in [-0.05, 0) is 134 Å². The third-order valence-electron chi connectivity index (χ3n) is 9.50. The summed E-state index contributed by atoms with van der Waals surface area (Å²) in [6, 6.07) is 6.10. The number of carbonyl (C=O) groups excluding carboxylic acids is 5. The maximum atomic E-state index is 12.4. The molecule has 6 heterocycles. The fourth-order valence-electron chi connectivity index (χ4n) is 5.72. The maximum Gasteiger partial charge on any atom is 0.425 e. The van der Waals surface area contributed by atoms with Gasteiger partial charge in [0.1, 0.15) is 44.2 Å². The van der Waals surface area contributed by atoms with Gasteiger partial charge in [-0.2, -0.15) is 25.6 Å². The van der Waals surface area contributed by atoms with E-state index in [1.54, 1.807) is 136 Å². The van der Waals surface area contributed by atoms with Crippen molar-refractivity contribution in [3.8, 4) is 18.2 Å². The summed E-state index contributed by atoms with van der Waals surface area (Å²) in [4.78, 5) is 110. The first-order valence-electron chi connectivity index (χ1n) is 30.0. The number of hydrogen-bond donors (Lipinski definition) is 4. The SMILES string of the molecule is C.C.C.C.C.C.C.C.CC(C)(C)OC(=O)N(C(=O)OC(C)(C)C)c1cnc(CBr)cn1.CC(C)(C)OC(=O)Nc1cnc(CCC#N)cn1.Cc1cnc(N(C(=O)OC(C)(C)C)C(=O)OC(C)(C)C)cn1.Cc1cnc(N)cn1.N#CCCc1cnc(N)c(Br)n1.N#CCCc1cnc(N)cn1.[2H]CC. The van der Waals surface area contributed by atoms with E-state index in [4.69, 9.17) is 58.0 Å². The molecule has 0 bridgehead atoms. The number of hydrogen-bond acceptors (Lipinski definition) is 28. The summed E-state index contributed by atoms with van der Waals surface area (Å²) in [5, 5.41) is 28.0. The molecule has 0 atom stereocenters. The molecule has 0 spiro atoms. The Morgan fingerprint density at radius 1 is 0.452 bits per heavy atom. The van der Waals surface area contributed by atoms with E-state index in [0.29, 0.717) is 95.7 Å². The highest BCUT2D eigenvalue weighted by Gasteiger charge is 2.35. The number of aromatic nitrogens is 12. The average molecular weight is 1590 g/mol. The molecule has 0 unspecified atom stereocenters. The van der Waals surface area contributed by atoms with Crippen LogP contribution in [0.15, 0.2) is 72.8 Å². The van der Waals surface area contributed by atoms with Crippen LogP contribution in [0.2, 0.25) is 0 Å². The number of rotatable bonds is 10. The van der Waals surface area contributed by atoms with Crippen molar-refractivity contribution >= 4 is 97.2 Å². The second-order valence-corrected chi connectivity index (χ2v) is 25.5. The van der Waals surface area contributed by atoms with E-state index in [1.807, 2.05) is 25.1 Å². The second-order valence-electron chi connectivity index (χ2n) is 24.2. The third-order valence-corrected chi connectivity index (χ3v) is 10.7. The number of nitrogens with two attached hydrogens (primary N) is 3. The molecule has 33 heteroatoms. The Labute approximate surface area is 638 Å². The van der Waals surface area contributed by atoms with Gasteiger partial charge in [-0.1, -0.05) is 89.2 Å². The molecule has 6 aromatic heterocycles. The molecule has 31 nitrogen and oxygen atoms in total. The van der Waals surface area contributed by atoms with Gasteiger partial charge >= 0.3 is 30.5 Å². The first kappa shape index (κ1) is 110. The first-order valence-corrected chi connectivity index (χ1v) is 31.2. The van der Waals surface area contributed by atoms with Crippen molar-refractivity contribution in [2.45, 2.75) is 263 Å². The Morgan fingerprint density at radius 3 is 1.04 bits per heavy atom. The minimum atomic E-state index is -0.868. The van der Waals surface area contributed by atoms with Crippen LogP contribution in [-0.4, -0.2) is 118 Å². The zero-order valence-electron chi connectivity index (χ0n) is 58.7. The van der Waals surface area contributed by atoms with E-state index >= 15 is 0 Å². The molecule has 0 aromatic carbocycles. The molecule has 0 saturated carbocycles. The van der Waals surface area contributed by atoms with Crippen LogP contribution in [0.1, 0.15) is 232 Å². The Balaban J connectivity index is -0.000000151. The van der Waals surface area contributed by atoms with Gasteiger partial charge < -0.3 is 40.9 Å². The van der Waals surface area contributed by atoms with Crippen molar-refractivity contribution in [2.75, 3.05) is 32.3 Å². The van der Waals surface area contributed by atoms with E-state index < -0.39 is 58.5 Å². The van der Waals surface area contributed by atoms with E-state index in [-0.39, 0.29) is 71.0 Å². The van der Waals surface area contributed by atoms with Gasteiger partial charge in [0.2, 0.25) is 0 Å². The summed E-state index contributed by atoms with van der Waals surface area (Å²) in [6.45, 7) is 31.7. The number of nitrogens with one attached hydrogen (secondary N) is 1. The van der Waals surface area contributed by atoms with Gasteiger partial charge in [0, 0.05) is 45.2 Å². The Hall–Kier alpha value is -9.94. The molecular weight excluding hydrogens is 1470 g/mol. The number of carbonyl (C=O) groups is 5. The lowest BCUT2D eigenvalue weighted by atomic mass is 10.2. The largest absolute Gasteiger partial charge is 0.444 e. The molecule has 0 fully saturated rings. The summed E-state index contributed by atoms with van der Waals surface area (Å²) in [5.74, 6) is 1.66. The lowest BCUT2D eigenvalue weighted by Gasteiger charge is -2.27. The molecule has 5 amide bonds. The fraction of sp³-hybridized carbons (Fsp3) is 0.549. The topological polar surface area (TPSA) is 454 Å². The molecule has 0 aliphatic carbocycles. The van der Waals surface area contributed by atoms with E-state index in [9.17, 15) is 24.0 Å². The lowest BCUT2D eigenvalue weighted by molar-refractivity contribution is 0.0406. The zero-order valence-corrected chi connectivity index (χ0v) is 60.9. The number of imide groups is 2. The first-order chi connectivity index (χ1) is 45.0. The molecule has 104 heavy (non-hydrogen) atoms. The monoisotopic (exact) mass is 1590 g/mol. The number of ether oxygens (including phenoxy) is 5. The predicted molar refractivity (Wildman–Crippen MR) is 422 cm³/mol. The normalized spacial score (nSPS) is 9.84. The average Bonchev–Trinajstić information content (AvgIpc) is 0.830. The van der Waals surface area contributed by atoms with E-state index in [0.717, 1.165) is 26.9 Å². The number of amides is 5. The number of nitrogen functional groups attached to an aromatic ring is 3. The van der Waals surface area contributed by atoms with E-state index in [1.165, 1.54) is 49.6 Å². The van der Waals surface area contributed by atoms with Gasteiger partial charge in [0.25, 0.3) is 0 Å². The minimum absolute atomic E-state index is 0. The number of nitrogens with zero attached hydrogens (tertiary/aromatic N) is 17. The van der Waals surface area contributed by atoms with Gasteiger partial charge in [-0.15, -0.1) is 0 Å². The van der Waals surface area contributed by atoms with Crippen LogP contribution in [0, 0.1) is 47.8 Å². The standard InChI is InChI=1S/C15H22BrN3O4.C15H23N3O4.C12H16N4O2.C7H7BrN4.C7H8N4.C5H7N3.C2H6.8CH4/c1-14(2,3)22-12(20)19(13(21)23-15(4,5)6)11-9-17-10(7-16)8-18-11;1-10-8-17-11(9-16-10)18(12(19)21-14(2,3)4)13(20)22-15(5,6)7;1-12(2,3)18-11(17)16-10-8-14-9(7-15-10)5-4-6-13;8-6-7(10)11-4-5(12-6)2-1-3-9;8-3-1-2-6-4-11-7(9)5-10-6;1-4-2-8-5(6)3-7-4;1-2;;;;;;;;/h8-9H,7H2,1-6H3;8-9H,1-7H3;7-8H,4-5H2,1-3H3,(H,15,16,17);4H,1-2H2,(H2,10,11);4-5H,1-2H2,(H2,9,11);2-3H,1H3,(H2,6,8);1-2H3;8*1H4/i;;;;;;1D;;;;;;;;. The smallest absolute Gasteiger partial charge is 0.425 e. The molecule has 6 rings (SSSR count). The van der Waals surface area contributed by atoms with Crippen molar-refractivity contribution < 1.29 is 49.0 Å². The van der Waals surface area contributed by atoms with Gasteiger partial charge in [-0.25, -0.2) is 58.9 Å². The van der Waals surface area contributed by atoms with Crippen molar-refractivity contribution in [2.24, 2.45) is 0 Å². The van der Waals surface area contributed by atoms with Crippen LogP contribution in [0.3, 0.4) is 0 Å². The number of halogens is 2. The van der Waals surface area contributed by atoms with Gasteiger partial charge in [0.15, 0.2) is 23.3 Å². The van der Waals surface area contributed by atoms with Crippen molar-refractivity contribution in [3.05, 3.63) is 107 Å². The molecular formula is C71H121Br2N21O10. The lowest BCUT2D eigenvalue weighted by Crippen LogP contribution is -2.44. The van der Waals surface area contributed by atoms with Crippen molar-refractivity contribution in [1.82, 2.24) is 59.8 Å². The summed E-state index contributed by atoms with van der Waals surface area (Å²) < 4.78 is 32.8. The van der Waals surface area contributed by atoms with Crippen LogP contribution < -0.4 is 32.3 Å². The highest BCUT2D eigenvalue weighted by Crippen LogP contribution is 2.22. The number of anilines is 6. The van der Waals surface area contributed by atoms with Crippen LogP contribution in [-0.2, 0) is 48.3 Å². The molecule has 0 aliphatic rings. The maximum absolute atomic E-state index is 12.4. The zero-order chi connectivity index (χ0) is 74.3. The number of nitriles is 3. The Bertz CT molecular complexity index is 3420. The van der Waals surface area contributed by atoms with Crippen LogP contribution >= 0.6 is 31.9 Å². The highest BCUT2D eigenvalue weighted by molar-refractivity contribution is 9.10. The Kier molecular flexibility index (Phi) is 58.8. The van der Waals surface area contributed by atoms with Crippen LogP contribution in [0.25, 0.3) is 0 Å². The summed E-state index contributed by atoms with van der Waals surface area (Å²) in [7, 11) is 0. The third kappa shape index (κ3) is 53.0. The van der Waals surface area contributed by atoms with E-state index in [2.05, 4.69) is 97.0 Å². The predicted octanol–water partition coefficient (Wildman–Crippen LogP) is 18.1. The highest BCUT2D eigenvalue weighted by atomic mass is 79.9. The number of alkyl halides is 1. The molecule has 7 N–H and O–H groups in total. The quantitative estimate of drug-likeness (QED) is 0.0731. The Morgan fingerprint density at radius 2 is 0.760 bits per heavy atom. The molecule has 584 valence electrons. The molecule has 0 aliphatic heterocycles. The second kappa shape index (κ2) is 55.6. The molecule has 0 radical (unpaired) electrons. The van der Waals surface area contributed by atoms with Crippen LogP contribution in [0.4, 0.5) is 58.9 Å². The minimum Gasteiger partial charge on any atom is -0.444 e. The van der Waals surface area contributed by atoms with Gasteiger partial charge in [0.05, 0.1) is 121 Å². The van der Waals surface area contributed by atoms with Crippen molar-refractivity contribution in [3.63, 3.8) is 0 Å². The van der Waals surface area contributed by atoms with Crippen LogP contribution in [0.5, 0.6) is 0 Å².